The molecule has 320 valence electrons. The molecule has 0 aromatic carbocycles. The molecule has 9 rings (SSSR count). The summed E-state index contributed by atoms with van der Waals surface area (Å²) < 4.78 is 149. The second-order valence-corrected chi connectivity index (χ2v) is 24.4. The summed E-state index contributed by atoms with van der Waals surface area (Å²) in [5.41, 5.74) is 0. The molecule has 20 nitrogen and oxygen atoms in total. The van der Waals surface area contributed by atoms with E-state index in [0.717, 1.165) is 77.0 Å². The monoisotopic (exact) mass is 872 g/mol. The highest BCUT2D eigenvalue weighted by molar-refractivity contribution is 7.94. The van der Waals surface area contributed by atoms with Gasteiger partial charge in [0.1, 0.15) is 21.0 Å². The molecule has 9 aliphatic rings. The Hall–Kier alpha value is -0.680. The van der Waals surface area contributed by atoms with Crippen LogP contribution in [0.2, 0.25) is 0 Å². The third-order valence-corrected chi connectivity index (χ3v) is 21.0. The lowest BCUT2D eigenvalue weighted by Crippen LogP contribution is -2.70. The summed E-state index contributed by atoms with van der Waals surface area (Å²) in [6.07, 6.45) is 7.44. The first-order chi connectivity index (χ1) is 26.3. The maximum absolute atomic E-state index is 13.4. The second-order valence-electron chi connectivity index (χ2n) is 18.1. The van der Waals surface area contributed by atoms with Gasteiger partial charge in [0.05, 0.1) is 49.3 Å². The molecule has 56 heavy (non-hydrogen) atoms. The van der Waals surface area contributed by atoms with Gasteiger partial charge in [0.25, 0.3) is 40.5 Å². The van der Waals surface area contributed by atoms with Gasteiger partial charge in [0.15, 0.2) is 0 Å². The molecular weight excluding hydrogens is 817 g/mol. The van der Waals surface area contributed by atoms with Crippen LogP contribution in [0.3, 0.4) is 0 Å². The van der Waals surface area contributed by atoms with Crippen LogP contribution < -0.4 is 42.5 Å². The van der Waals surface area contributed by atoms with E-state index in [-0.39, 0.29) is 48.3 Å². The van der Waals surface area contributed by atoms with Gasteiger partial charge < -0.3 is 0 Å². The zero-order chi connectivity index (χ0) is 39.7. The van der Waals surface area contributed by atoms with E-state index >= 15 is 0 Å². The fourth-order valence-electron chi connectivity index (χ4n) is 13.4. The Morgan fingerprint density at radius 3 is 0.661 bits per heavy atom. The van der Waals surface area contributed by atoms with Crippen molar-refractivity contribution in [2.75, 3.05) is 0 Å². The fraction of sp³-hybridized carbons (Fsp3) is 1.00. The predicted molar refractivity (Wildman–Crippen MR) is 200 cm³/mol. The number of rotatable bonds is 4. The highest BCUT2D eigenvalue weighted by Gasteiger charge is 2.71. The van der Waals surface area contributed by atoms with E-state index < -0.39 is 98.0 Å². The average Bonchev–Trinajstić information content (AvgIpc) is 3.84. The van der Waals surface area contributed by atoms with Gasteiger partial charge in [-0.15, -0.1) is 0 Å². The molecule has 20 atom stereocenters. The zero-order valence-electron chi connectivity index (χ0n) is 30.7. The van der Waals surface area contributed by atoms with Gasteiger partial charge in [-0.25, -0.2) is 0 Å². The molecule has 9 fully saturated rings. The van der Waals surface area contributed by atoms with Gasteiger partial charge in [0, 0.05) is 11.8 Å². The standard InChI is InChI=1S/C32H56N8O12S4/c41-53(42,43)21-19-20(22(54(44,45)46)24(56(50,51)52)23(21)55(47,48)49)32-39-30-18-12-6-4-10-16(18)28(37-30)35-26-14-8-2-1-7-13(14)25(33-26)34-27-15-9-3-5-11-17(15)29(36-27)38-31(19)40-32/h13-40H,1-12H2,(H,41,42,43)(H,44,45,46)(H,47,48,49)(H,50,51,52). The highest BCUT2D eigenvalue weighted by atomic mass is 32.2. The van der Waals surface area contributed by atoms with Gasteiger partial charge in [-0.05, 0) is 74.0 Å². The lowest BCUT2D eigenvalue weighted by atomic mass is 9.75. The van der Waals surface area contributed by atoms with Crippen molar-refractivity contribution in [3.05, 3.63) is 0 Å². The quantitative estimate of drug-likeness (QED) is 0.137. The SMILES string of the molecule is O=S(=O)(O)C1C2C3NC4NC(NC5NC(NC6NC(NC(N3)C2C(S(=O)(=O)O)C(S(=O)(=O)O)C1S(=O)(=O)O)C1CCCCC61)C1CCCCC51)C1CCCCC41. The molecular formula is C32H56N8O12S4. The van der Waals surface area contributed by atoms with Crippen LogP contribution in [0.4, 0.5) is 0 Å². The third-order valence-electron chi connectivity index (χ3n) is 15.4. The zero-order valence-corrected chi connectivity index (χ0v) is 34.0. The first-order valence-electron chi connectivity index (χ1n) is 20.2. The minimum Gasteiger partial charge on any atom is -0.286 e. The van der Waals surface area contributed by atoms with Crippen LogP contribution in [0, 0.1) is 47.3 Å². The molecule has 20 unspecified atom stereocenters. The van der Waals surface area contributed by atoms with Crippen LogP contribution in [0.5, 0.6) is 0 Å². The van der Waals surface area contributed by atoms with Gasteiger partial charge in [0.2, 0.25) is 0 Å². The van der Waals surface area contributed by atoms with Crippen molar-refractivity contribution in [3.8, 4) is 0 Å². The fourth-order valence-corrected chi connectivity index (χ4v) is 20.7. The molecule has 24 heteroatoms. The molecule has 0 aromatic rings. The largest absolute Gasteiger partial charge is 0.286 e. The topological polar surface area (TPSA) is 314 Å². The summed E-state index contributed by atoms with van der Waals surface area (Å²) >= 11 is 0. The lowest BCUT2D eigenvalue weighted by molar-refractivity contribution is 0.166. The number of hydrogen-bond acceptors (Lipinski definition) is 16. The Morgan fingerprint density at radius 1 is 0.286 bits per heavy atom. The van der Waals surface area contributed by atoms with E-state index in [1.165, 1.54) is 0 Å². The van der Waals surface area contributed by atoms with Crippen molar-refractivity contribution in [3.63, 3.8) is 0 Å². The van der Waals surface area contributed by atoms with Crippen molar-refractivity contribution < 1.29 is 51.9 Å². The van der Waals surface area contributed by atoms with Crippen LogP contribution >= 0.6 is 0 Å². The molecule has 0 aromatic heterocycles. The molecule has 0 radical (unpaired) electrons. The minimum atomic E-state index is -5.87. The summed E-state index contributed by atoms with van der Waals surface area (Å²) in [7, 11) is -23.0. The molecule has 4 saturated carbocycles. The van der Waals surface area contributed by atoms with E-state index in [2.05, 4.69) is 42.5 Å². The Morgan fingerprint density at radius 2 is 0.464 bits per heavy atom. The van der Waals surface area contributed by atoms with E-state index in [1.807, 2.05) is 0 Å². The summed E-state index contributed by atoms with van der Waals surface area (Å²) in [6, 6.07) is 0. The molecule has 5 aliphatic heterocycles. The van der Waals surface area contributed by atoms with Gasteiger partial charge in [-0.2, -0.15) is 33.7 Å². The van der Waals surface area contributed by atoms with Crippen LogP contribution in [0.25, 0.3) is 0 Å². The van der Waals surface area contributed by atoms with E-state index in [4.69, 9.17) is 0 Å². The van der Waals surface area contributed by atoms with Crippen LogP contribution in [0.15, 0.2) is 0 Å². The Labute approximate surface area is 328 Å². The Kier molecular flexibility index (Phi) is 10.5. The van der Waals surface area contributed by atoms with Crippen molar-refractivity contribution in [2.45, 2.75) is 147 Å². The van der Waals surface area contributed by atoms with Crippen LogP contribution in [-0.2, 0) is 40.5 Å². The van der Waals surface area contributed by atoms with Gasteiger partial charge in [-0.1, -0.05) is 38.5 Å². The molecule has 5 saturated heterocycles. The maximum atomic E-state index is 13.4. The molecule has 12 N–H and O–H groups in total. The van der Waals surface area contributed by atoms with Gasteiger partial charge in [-0.3, -0.25) is 60.7 Å². The van der Waals surface area contributed by atoms with E-state index in [0.29, 0.717) is 11.8 Å². The van der Waals surface area contributed by atoms with Crippen molar-refractivity contribution in [1.82, 2.24) is 42.5 Å². The number of fused-ring (bicyclic) bond motifs is 20. The summed E-state index contributed by atoms with van der Waals surface area (Å²) in [4.78, 5) is 0. The normalized spacial score (nSPS) is 51.1. The summed E-state index contributed by atoms with van der Waals surface area (Å²) in [5, 5.41) is 17.7. The highest BCUT2D eigenvalue weighted by Crippen LogP contribution is 2.50. The van der Waals surface area contributed by atoms with Gasteiger partial charge >= 0.3 is 0 Å². The van der Waals surface area contributed by atoms with Crippen molar-refractivity contribution in [2.24, 2.45) is 47.3 Å². The molecule has 4 aliphatic carbocycles. The molecule has 0 amide bonds. The first-order valence-corrected chi connectivity index (χ1v) is 26.3. The first kappa shape index (κ1) is 40.7. The third kappa shape index (κ3) is 7.01. The smallest absolute Gasteiger partial charge is 0.270 e. The van der Waals surface area contributed by atoms with Crippen LogP contribution in [0.1, 0.15) is 77.0 Å². The summed E-state index contributed by atoms with van der Waals surface area (Å²) in [5.74, 6) is -2.57. The maximum Gasteiger partial charge on any atom is 0.270 e. The lowest BCUT2D eigenvalue weighted by Gasteiger charge is -2.46. The Balaban J connectivity index is 1.19. The van der Waals surface area contributed by atoms with Crippen LogP contribution in [-0.4, -0.2) is 122 Å². The molecule has 8 bridgehead atoms. The number of nitrogens with one attached hydrogen (secondary N) is 8. The Bertz CT molecular complexity index is 1840. The predicted octanol–water partition coefficient (Wildman–Crippen LogP) is -1.93. The molecule has 5 heterocycles. The van der Waals surface area contributed by atoms with Crippen molar-refractivity contribution in [1.29, 1.82) is 0 Å². The second kappa shape index (κ2) is 14.5. The van der Waals surface area contributed by atoms with E-state index in [1.54, 1.807) is 0 Å². The summed E-state index contributed by atoms with van der Waals surface area (Å²) in [6.45, 7) is 0. The minimum absolute atomic E-state index is 0.00830. The average molecular weight is 873 g/mol. The number of hydrogen-bond donors (Lipinski definition) is 12. The molecule has 0 spiro atoms. The van der Waals surface area contributed by atoms with E-state index in [9.17, 15) is 51.9 Å². The van der Waals surface area contributed by atoms with Crippen molar-refractivity contribution >= 4 is 40.5 Å².